The molecule has 0 heterocycles. The summed E-state index contributed by atoms with van der Waals surface area (Å²) in [6, 6.07) is 0. The van der Waals surface area contributed by atoms with Crippen molar-refractivity contribution in [1.29, 1.82) is 0 Å². The summed E-state index contributed by atoms with van der Waals surface area (Å²) in [6.07, 6.45) is 5.07. The lowest BCUT2D eigenvalue weighted by molar-refractivity contribution is -0.471. The molecule has 0 N–H and O–H groups in total. The van der Waals surface area contributed by atoms with Gasteiger partial charge in [-0.15, -0.1) is 0 Å². The smallest absolute Gasteiger partial charge is 0.224 e. The van der Waals surface area contributed by atoms with E-state index in [4.69, 9.17) is 0 Å². The average molecular weight is 155 g/mol. The Bertz CT molecular complexity index is 187. The minimum absolute atomic E-state index is 0.0483. The van der Waals surface area contributed by atoms with E-state index in [0.29, 0.717) is 5.92 Å². The van der Waals surface area contributed by atoms with Gasteiger partial charge in [0.1, 0.15) is 0 Å². The fraction of sp³-hybridized carbons (Fsp3) is 0.750. The lowest BCUT2D eigenvalue weighted by Crippen LogP contribution is -2.09. The van der Waals surface area contributed by atoms with Crippen molar-refractivity contribution in [2.24, 2.45) is 5.92 Å². The first-order valence-electron chi connectivity index (χ1n) is 3.98. The Morgan fingerprint density at radius 2 is 2.55 bits per heavy atom. The van der Waals surface area contributed by atoms with Crippen molar-refractivity contribution in [2.75, 3.05) is 6.54 Å². The normalized spacial score (nSPS) is 24.5. The summed E-state index contributed by atoms with van der Waals surface area (Å²) in [5, 5.41) is 10.1. The summed E-state index contributed by atoms with van der Waals surface area (Å²) in [7, 11) is 0. The Hall–Kier alpha value is -0.860. The molecule has 0 aromatic carbocycles. The van der Waals surface area contributed by atoms with E-state index < -0.39 is 0 Å². The molecule has 1 aliphatic carbocycles. The maximum Gasteiger partial charge on any atom is 0.224 e. The monoisotopic (exact) mass is 155 g/mol. The number of hydrogen-bond donors (Lipinski definition) is 0. The van der Waals surface area contributed by atoms with E-state index in [2.05, 4.69) is 6.92 Å². The van der Waals surface area contributed by atoms with E-state index in [-0.39, 0.29) is 11.5 Å². The molecule has 0 radical (unpaired) electrons. The summed E-state index contributed by atoms with van der Waals surface area (Å²) in [5.41, 5.74) is 1.01. The number of rotatable bonds is 2. The number of allylic oxidation sites excluding steroid dienone is 1. The second-order valence-electron chi connectivity index (χ2n) is 3.23. The second-order valence-corrected chi connectivity index (χ2v) is 3.23. The van der Waals surface area contributed by atoms with Gasteiger partial charge in [-0.3, -0.25) is 10.1 Å². The van der Waals surface area contributed by atoms with Crippen LogP contribution in [0.4, 0.5) is 0 Å². The zero-order valence-corrected chi connectivity index (χ0v) is 6.75. The third kappa shape index (κ3) is 2.70. The first kappa shape index (κ1) is 8.24. The fourth-order valence-corrected chi connectivity index (χ4v) is 1.33. The van der Waals surface area contributed by atoms with Crippen LogP contribution in [0.3, 0.4) is 0 Å². The summed E-state index contributed by atoms with van der Waals surface area (Å²) >= 11 is 0. The van der Waals surface area contributed by atoms with E-state index >= 15 is 0 Å². The molecule has 0 spiro atoms. The highest BCUT2D eigenvalue weighted by molar-refractivity contribution is 5.05. The standard InChI is InChI=1S/C8H13NO2/c1-7-2-4-8(5-3-7)6-9(10)11/h4,7H,2-3,5-6H2,1H3. The van der Waals surface area contributed by atoms with Gasteiger partial charge in [0.2, 0.25) is 6.54 Å². The van der Waals surface area contributed by atoms with Crippen LogP contribution in [0, 0.1) is 16.0 Å². The Morgan fingerprint density at radius 1 is 1.82 bits per heavy atom. The molecule has 0 aromatic heterocycles. The predicted molar refractivity (Wildman–Crippen MR) is 43.0 cm³/mol. The van der Waals surface area contributed by atoms with Crippen molar-refractivity contribution in [1.82, 2.24) is 0 Å². The maximum absolute atomic E-state index is 10.1. The molecule has 0 saturated carbocycles. The van der Waals surface area contributed by atoms with E-state index in [1.165, 1.54) is 0 Å². The summed E-state index contributed by atoms with van der Waals surface area (Å²) < 4.78 is 0. The van der Waals surface area contributed by atoms with Gasteiger partial charge >= 0.3 is 0 Å². The van der Waals surface area contributed by atoms with Crippen LogP contribution < -0.4 is 0 Å². The van der Waals surface area contributed by atoms with E-state index in [1.807, 2.05) is 6.08 Å². The van der Waals surface area contributed by atoms with Crippen LogP contribution in [0.15, 0.2) is 11.6 Å². The molecule has 62 valence electrons. The average Bonchev–Trinajstić information content (AvgIpc) is 1.93. The third-order valence-electron chi connectivity index (χ3n) is 2.10. The van der Waals surface area contributed by atoms with Gasteiger partial charge in [0.25, 0.3) is 0 Å². The molecule has 11 heavy (non-hydrogen) atoms. The number of nitrogens with zero attached hydrogens (tertiary/aromatic N) is 1. The first-order valence-corrected chi connectivity index (χ1v) is 3.98. The molecule has 1 rings (SSSR count). The largest absolute Gasteiger partial charge is 0.264 e. The van der Waals surface area contributed by atoms with Crippen LogP contribution in [0.25, 0.3) is 0 Å². The minimum atomic E-state index is -0.248. The lowest BCUT2D eigenvalue weighted by Gasteiger charge is -2.15. The highest BCUT2D eigenvalue weighted by Gasteiger charge is 2.12. The lowest BCUT2D eigenvalue weighted by atomic mass is 9.91. The predicted octanol–water partition coefficient (Wildman–Crippen LogP) is 2.01. The first-order chi connectivity index (χ1) is 5.18. The maximum atomic E-state index is 10.1. The van der Waals surface area contributed by atoms with Gasteiger partial charge in [0, 0.05) is 4.92 Å². The zero-order valence-electron chi connectivity index (χ0n) is 6.75. The summed E-state index contributed by atoms with van der Waals surface area (Å²) in [6.45, 7) is 2.23. The molecular weight excluding hydrogens is 142 g/mol. The van der Waals surface area contributed by atoms with Gasteiger partial charge in [0.05, 0.1) is 0 Å². The zero-order chi connectivity index (χ0) is 8.27. The molecule has 0 fully saturated rings. The van der Waals surface area contributed by atoms with Crippen LogP contribution >= 0.6 is 0 Å². The van der Waals surface area contributed by atoms with Gasteiger partial charge in [0.15, 0.2) is 0 Å². The van der Waals surface area contributed by atoms with Crippen molar-refractivity contribution >= 4 is 0 Å². The van der Waals surface area contributed by atoms with Crippen molar-refractivity contribution in [3.05, 3.63) is 21.8 Å². The number of nitro groups is 1. The molecular formula is C8H13NO2. The van der Waals surface area contributed by atoms with Gasteiger partial charge in [-0.2, -0.15) is 0 Å². The Kier molecular flexibility index (Phi) is 2.63. The Balaban J connectivity index is 2.41. The molecule has 0 bridgehead atoms. The highest BCUT2D eigenvalue weighted by atomic mass is 16.6. The molecule has 1 atom stereocenters. The molecule has 1 unspecified atom stereocenters. The highest BCUT2D eigenvalue weighted by Crippen LogP contribution is 2.22. The number of hydrogen-bond acceptors (Lipinski definition) is 2. The van der Waals surface area contributed by atoms with Gasteiger partial charge < -0.3 is 0 Å². The fourth-order valence-electron chi connectivity index (χ4n) is 1.33. The molecule has 0 amide bonds. The van der Waals surface area contributed by atoms with Crippen molar-refractivity contribution in [3.63, 3.8) is 0 Å². The SMILES string of the molecule is CC1CC=C(C[N+](=O)[O-])CC1. The third-order valence-corrected chi connectivity index (χ3v) is 2.10. The second kappa shape index (κ2) is 3.51. The molecule has 0 saturated heterocycles. The Morgan fingerprint density at radius 3 is 3.00 bits per heavy atom. The van der Waals surface area contributed by atoms with Crippen molar-refractivity contribution in [3.8, 4) is 0 Å². The van der Waals surface area contributed by atoms with Crippen LogP contribution in [-0.4, -0.2) is 11.5 Å². The molecule has 3 nitrogen and oxygen atoms in total. The Labute approximate surface area is 66.3 Å². The summed E-state index contributed by atoms with van der Waals surface area (Å²) in [5.74, 6) is 0.713. The minimum Gasteiger partial charge on any atom is -0.264 e. The molecule has 1 aliphatic rings. The van der Waals surface area contributed by atoms with Gasteiger partial charge in [-0.1, -0.05) is 13.0 Å². The van der Waals surface area contributed by atoms with Crippen molar-refractivity contribution in [2.45, 2.75) is 26.2 Å². The van der Waals surface area contributed by atoms with Gasteiger partial charge in [-0.25, -0.2) is 0 Å². The van der Waals surface area contributed by atoms with E-state index in [9.17, 15) is 10.1 Å². The van der Waals surface area contributed by atoms with Crippen LogP contribution in [0.1, 0.15) is 26.2 Å². The topological polar surface area (TPSA) is 43.1 Å². The van der Waals surface area contributed by atoms with Crippen molar-refractivity contribution < 1.29 is 4.92 Å². The van der Waals surface area contributed by atoms with E-state index in [0.717, 1.165) is 24.8 Å². The van der Waals surface area contributed by atoms with Gasteiger partial charge in [-0.05, 0) is 30.8 Å². The molecule has 0 aromatic rings. The molecule has 3 heteroatoms. The summed E-state index contributed by atoms with van der Waals surface area (Å²) in [4.78, 5) is 9.87. The van der Waals surface area contributed by atoms with Crippen LogP contribution in [0.5, 0.6) is 0 Å². The quantitative estimate of drug-likeness (QED) is 0.348. The van der Waals surface area contributed by atoms with Crippen LogP contribution in [-0.2, 0) is 0 Å². The van der Waals surface area contributed by atoms with Crippen LogP contribution in [0.2, 0.25) is 0 Å². The molecule has 0 aliphatic heterocycles. The van der Waals surface area contributed by atoms with E-state index in [1.54, 1.807) is 0 Å².